The largest absolute Gasteiger partial charge is 0.273 e. The van der Waals surface area contributed by atoms with Gasteiger partial charge in [-0.3, -0.25) is 0 Å². The average molecular weight is 751 g/mol. The van der Waals surface area contributed by atoms with E-state index in [1.54, 1.807) is 46.9 Å². The van der Waals surface area contributed by atoms with E-state index in [-0.39, 0.29) is 24.0 Å². The Kier molecular flexibility index (Phi) is 10.2. The van der Waals surface area contributed by atoms with Gasteiger partial charge in [0, 0.05) is 54.6 Å². The summed E-state index contributed by atoms with van der Waals surface area (Å²) in [6.07, 6.45) is 4.12. The minimum Gasteiger partial charge on any atom is -0.201 e. The second-order valence-electron chi connectivity index (χ2n) is 12.5. The van der Waals surface area contributed by atoms with Crippen molar-refractivity contribution in [1.82, 2.24) is 8.75 Å². The van der Waals surface area contributed by atoms with E-state index in [0.29, 0.717) is 12.8 Å². The molecule has 1 aliphatic heterocycles. The van der Waals surface area contributed by atoms with Crippen molar-refractivity contribution < 1.29 is 17.6 Å². The number of fused-ring (bicyclic) bond motifs is 2. The molecule has 1 aliphatic rings. The van der Waals surface area contributed by atoms with E-state index in [2.05, 4.69) is 0 Å². The van der Waals surface area contributed by atoms with Crippen molar-refractivity contribution in [3.63, 3.8) is 0 Å². The third-order valence-corrected chi connectivity index (χ3v) is 12.4. The molecule has 3 aromatic heterocycles. The molecule has 4 nitrogen and oxygen atoms in total. The summed E-state index contributed by atoms with van der Waals surface area (Å²) in [5.74, 6) is -5.69. The number of rotatable bonds is 14. The lowest BCUT2D eigenvalue weighted by atomic mass is 10.00. The summed E-state index contributed by atoms with van der Waals surface area (Å²) >= 11 is 5.36. The van der Waals surface area contributed by atoms with Gasteiger partial charge in [0.15, 0.2) is 0 Å². The molecule has 0 N–H and O–H groups in total. The summed E-state index contributed by atoms with van der Waals surface area (Å²) in [7, 11) is 0. The van der Waals surface area contributed by atoms with E-state index in [9.17, 15) is 17.6 Å². The van der Waals surface area contributed by atoms with E-state index < -0.39 is 11.8 Å². The van der Waals surface area contributed by atoms with Crippen LogP contribution in [-0.2, 0) is 23.2 Å². The van der Waals surface area contributed by atoms with Gasteiger partial charge in [-0.15, -0.1) is 22.7 Å². The highest BCUT2D eigenvalue weighted by Crippen LogP contribution is 2.54. The van der Waals surface area contributed by atoms with Gasteiger partial charge in [0.2, 0.25) is 0 Å². The van der Waals surface area contributed by atoms with Crippen molar-refractivity contribution in [3.8, 4) is 41.8 Å². The number of hydrogen-bond donors (Lipinski definition) is 0. The molecular formula is C38H34F4N4S4. The molecule has 0 amide bonds. The zero-order chi connectivity index (χ0) is 34.9. The number of unbranched alkanes of at least 4 members (excludes halogenated alkanes) is 4. The number of hydrogen-bond acceptors (Lipinski definition) is 7. The Morgan fingerprint density at radius 1 is 0.520 bits per heavy atom. The predicted octanol–water partition coefficient (Wildman–Crippen LogP) is 14.6. The summed E-state index contributed by atoms with van der Waals surface area (Å²) < 4.78 is 77.9. The lowest BCUT2D eigenvalue weighted by Gasteiger charge is -2.16. The van der Waals surface area contributed by atoms with Crippen LogP contribution in [0.2, 0.25) is 0 Å². The molecule has 0 spiro atoms. The first-order valence-corrected chi connectivity index (χ1v) is 19.9. The van der Waals surface area contributed by atoms with Gasteiger partial charge >= 0.3 is 0 Å². The van der Waals surface area contributed by atoms with Crippen LogP contribution < -0.4 is 0 Å². The van der Waals surface area contributed by atoms with Crippen LogP contribution in [0.15, 0.2) is 81.5 Å². The molecular weight excluding hydrogens is 717 g/mol. The Morgan fingerprint density at radius 2 is 0.920 bits per heavy atom. The number of alkyl halides is 4. The maximum atomic E-state index is 14.8. The van der Waals surface area contributed by atoms with Gasteiger partial charge in [-0.25, -0.2) is 17.6 Å². The smallest absolute Gasteiger partial charge is 0.201 e. The van der Waals surface area contributed by atoms with Crippen LogP contribution in [0, 0.1) is 0 Å². The molecule has 0 saturated heterocycles. The fourth-order valence-electron chi connectivity index (χ4n) is 6.22. The summed E-state index contributed by atoms with van der Waals surface area (Å²) in [6, 6.07) is 21.2. The molecule has 0 bridgehead atoms. The average Bonchev–Trinajstić information content (AvgIpc) is 3.95. The fourth-order valence-corrected chi connectivity index (χ4v) is 9.45. The first-order valence-electron chi connectivity index (χ1n) is 16.8. The van der Waals surface area contributed by atoms with Gasteiger partial charge in [0.05, 0.1) is 23.1 Å². The Morgan fingerprint density at radius 3 is 1.32 bits per heavy atom. The third-order valence-electron chi connectivity index (χ3n) is 9.00. The van der Waals surface area contributed by atoms with Crippen molar-refractivity contribution in [1.29, 1.82) is 0 Å². The summed E-state index contributed by atoms with van der Waals surface area (Å²) in [5, 5.41) is 0. The molecule has 4 heterocycles. The van der Waals surface area contributed by atoms with Crippen LogP contribution >= 0.6 is 34.4 Å². The highest BCUT2D eigenvalue weighted by atomic mass is 32.1. The van der Waals surface area contributed by atoms with E-state index in [1.165, 1.54) is 24.3 Å². The number of nitrogens with zero attached hydrogens (tertiary/aromatic N) is 4. The molecule has 0 aliphatic carbocycles. The minimum atomic E-state index is -2.85. The molecule has 0 atom stereocenters. The Bertz CT molecular complexity index is 2040. The zero-order valence-electron chi connectivity index (χ0n) is 27.5. The quantitative estimate of drug-likeness (QED) is 0.0821. The highest BCUT2D eigenvalue weighted by molar-refractivity contribution is 7.58. The Balaban J connectivity index is 1.18. The summed E-state index contributed by atoms with van der Waals surface area (Å²) in [5.41, 5.74) is 6.43. The Labute approximate surface area is 304 Å². The van der Waals surface area contributed by atoms with E-state index in [1.807, 2.05) is 38.1 Å². The van der Waals surface area contributed by atoms with Crippen LogP contribution in [0.3, 0.4) is 0 Å². The van der Waals surface area contributed by atoms with Gasteiger partial charge in [0.25, 0.3) is 11.8 Å². The molecule has 7 rings (SSSR count). The molecule has 3 aromatic carbocycles. The molecule has 0 radical (unpaired) electrons. The van der Waals surface area contributed by atoms with E-state index in [4.69, 9.17) is 17.5 Å². The van der Waals surface area contributed by atoms with E-state index >= 15 is 0 Å². The SMILES string of the molecule is CCCCCC(F)(F)c1ccc(-c2ccc(-c3c4c(c(-c5ccc(-c6ccc(C(F)(F)CCCCC)cc6)s5)c5nsnc35)N=S=N4)s2)cc1. The van der Waals surface area contributed by atoms with Gasteiger partial charge < -0.3 is 0 Å². The van der Waals surface area contributed by atoms with Crippen LogP contribution in [0.1, 0.15) is 76.3 Å². The minimum absolute atomic E-state index is 0.0448. The van der Waals surface area contributed by atoms with Crippen molar-refractivity contribution in [3.05, 3.63) is 83.9 Å². The third kappa shape index (κ3) is 6.87. The normalized spacial score (nSPS) is 12.9. The van der Waals surface area contributed by atoms with Gasteiger partial charge in [-0.05, 0) is 48.2 Å². The maximum Gasteiger partial charge on any atom is 0.273 e. The molecule has 50 heavy (non-hydrogen) atoms. The monoisotopic (exact) mass is 750 g/mol. The second-order valence-corrected chi connectivity index (χ2v) is 15.7. The molecule has 12 heteroatoms. The summed E-state index contributed by atoms with van der Waals surface area (Å²) in [4.78, 5) is 3.78. The van der Waals surface area contributed by atoms with Crippen molar-refractivity contribution >= 4 is 68.2 Å². The van der Waals surface area contributed by atoms with Crippen LogP contribution in [-0.4, -0.2) is 8.75 Å². The first kappa shape index (κ1) is 34.9. The predicted molar refractivity (Wildman–Crippen MR) is 203 cm³/mol. The molecule has 258 valence electrons. The van der Waals surface area contributed by atoms with Crippen molar-refractivity contribution in [2.45, 2.75) is 77.1 Å². The first-order chi connectivity index (χ1) is 24.2. The zero-order valence-corrected chi connectivity index (χ0v) is 30.8. The van der Waals surface area contributed by atoms with Crippen LogP contribution in [0.5, 0.6) is 0 Å². The van der Waals surface area contributed by atoms with Gasteiger partial charge in [-0.2, -0.15) is 17.5 Å². The summed E-state index contributed by atoms with van der Waals surface area (Å²) in [6.45, 7) is 4.02. The van der Waals surface area contributed by atoms with Crippen LogP contribution in [0.4, 0.5) is 28.9 Å². The standard InChI is InChI=1S/C38H34F4N4S4/c1-3-5-7-21-37(39,40)25-13-9-23(10-14-25)27-17-19-29(47-27)31-33-35(45-49-43-33)32(36-34(31)44-50-46-36)30-20-18-28(48-30)24-11-15-26(16-12-24)38(41,42)22-8-6-4-2/h9-20H,3-8,21-22H2,1-2H3. The lowest BCUT2D eigenvalue weighted by Crippen LogP contribution is -2.12. The lowest BCUT2D eigenvalue weighted by molar-refractivity contribution is -0.0162. The number of aromatic nitrogens is 2. The van der Waals surface area contributed by atoms with Gasteiger partial charge in [0.1, 0.15) is 22.4 Å². The molecule has 6 aromatic rings. The van der Waals surface area contributed by atoms with Crippen LogP contribution in [0.25, 0.3) is 52.8 Å². The van der Waals surface area contributed by atoms with Crippen molar-refractivity contribution in [2.75, 3.05) is 0 Å². The van der Waals surface area contributed by atoms with Crippen molar-refractivity contribution in [2.24, 2.45) is 8.73 Å². The number of thiophene rings is 2. The second kappa shape index (κ2) is 14.6. The van der Waals surface area contributed by atoms with E-state index in [0.717, 1.165) is 113 Å². The highest BCUT2D eigenvalue weighted by Gasteiger charge is 2.32. The molecule has 0 fully saturated rings. The molecule has 0 saturated carbocycles. The fraction of sp³-hybridized carbons (Fsp3) is 0.316. The molecule has 0 unspecified atom stereocenters. The number of halogens is 4. The number of benzene rings is 3. The van der Waals surface area contributed by atoms with Gasteiger partial charge in [-0.1, -0.05) is 88.1 Å². The topological polar surface area (TPSA) is 50.5 Å². The maximum absolute atomic E-state index is 14.8. The Hall–Kier alpha value is -3.58.